The molecule has 0 saturated carbocycles. The van der Waals surface area contributed by atoms with Gasteiger partial charge in [0.15, 0.2) is 5.13 Å². The van der Waals surface area contributed by atoms with Crippen molar-refractivity contribution in [2.24, 2.45) is 0 Å². The van der Waals surface area contributed by atoms with E-state index in [1.807, 2.05) is 6.92 Å². The summed E-state index contributed by atoms with van der Waals surface area (Å²) in [4.78, 5) is 29.8. The number of sulfonamides is 1. The largest absolute Gasteiger partial charge is 0.459 e. The maximum Gasteiger partial charge on any atom is 0.306 e. The Morgan fingerprint density at radius 2 is 1.71 bits per heavy atom. The third-order valence-electron chi connectivity index (χ3n) is 4.73. The van der Waals surface area contributed by atoms with Crippen LogP contribution in [0.25, 0.3) is 0 Å². The van der Waals surface area contributed by atoms with Crippen LogP contribution in [0.2, 0.25) is 0 Å². The second-order valence-electron chi connectivity index (χ2n) is 6.78. The number of amides is 1. The minimum absolute atomic E-state index is 0.0475. The third-order valence-corrected chi connectivity index (χ3v) is 7.71. The Morgan fingerprint density at radius 3 is 2.26 bits per heavy atom. The highest BCUT2D eigenvalue weighted by Crippen LogP contribution is 2.21. The fraction of sp³-hybridized carbons (Fsp3) is 0.476. The Kier molecular flexibility index (Phi) is 9.15. The van der Waals surface area contributed by atoms with Gasteiger partial charge in [-0.2, -0.15) is 4.31 Å². The van der Waals surface area contributed by atoms with Crippen molar-refractivity contribution in [2.75, 3.05) is 24.5 Å². The summed E-state index contributed by atoms with van der Waals surface area (Å²) < 4.78 is 31.7. The summed E-state index contributed by atoms with van der Waals surface area (Å²) in [6.07, 6.45) is 0.619. The average Bonchev–Trinajstić information content (AvgIpc) is 3.20. The van der Waals surface area contributed by atoms with Crippen molar-refractivity contribution in [3.05, 3.63) is 40.9 Å². The van der Waals surface area contributed by atoms with Crippen LogP contribution < -0.4 is 4.90 Å². The molecule has 0 spiro atoms. The number of rotatable bonds is 11. The number of anilines is 1. The number of esters is 1. The van der Waals surface area contributed by atoms with Gasteiger partial charge in [0.05, 0.1) is 10.6 Å². The maximum atomic E-state index is 12.5. The second kappa shape index (κ2) is 11.4. The quantitative estimate of drug-likeness (QED) is 0.471. The minimum atomic E-state index is -3.49. The molecular formula is C21H29N3O5S2. The molecule has 0 atom stereocenters. The van der Waals surface area contributed by atoms with Gasteiger partial charge in [-0.05, 0) is 31.0 Å². The average molecular weight is 468 g/mol. The highest BCUT2D eigenvalue weighted by molar-refractivity contribution is 7.89. The van der Waals surface area contributed by atoms with Crippen molar-refractivity contribution in [2.45, 2.75) is 52.0 Å². The number of nitrogens with zero attached hydrogens (tertiary/aromatic N) is 3. The van der Waals surface area contributed by atoms with Gasteiger partial charge in [-0.15, -0.1) is 11.3 Å². The lowest BCUT2D eigenvalue weighted by Gasteiger charge is -2.18. The molecule has 0 bridgehead atoms. The molecule has 170 valence electrons. The zero-order chi connectivity index (χ0) is 23.0. The van der Waals surface area contributed by atoms with Crippen molar-refractivity contribution in [3.63, 3.8) is 0 Å². The number of hydrogen-bond acceptors (Lipinski definition) is 7. The number of hydrogen-bond donors (Lipinski definition) is 0. The van der Waals surface area contributed by atoms with Crippen LogP contribution in [0.3, 0.4) is 0 Å². The molecular weight excluding hydrogens is 438 g/mol. The van der Waals surface area contributed by atoms with Crippen LogP contribution in [0.4, 0.5) is 5.13 Å². The topological polar surface area (TPSA) is 96.9 Å². The first-order valence-electron chi connectivity index (χ1n) is 10.2. The summed E-state index contributed by atoms with van der Waals surface area (Å²) in [5.41, 5.74) is 1.45. The number of aryl methyl sites for hydroxylation is 1. The van der Waals surface area contributed by atoms with Crippen molar-refractivity contribution in [3.8, 4) is 0 Å². The Labute approximate surface area is 187 Å². The molecule has 31 heavy (non-hydrogen) atoms. The van der Waals surface area contributed by atoms with Crippen molar-refractivity contribution >= 4 is 38.4 Å². The molecule has 8 nitrogen and oxygen atoms in total. The Balaban J connectivity index is 1.87. The molecule has 2 aromatic rings. The first-order chi connectivity index (χ1) is 14.7. The fourth-order valence-electron chi connectivity index (χ4n) is 2.99. The number of benzene rings is 1. The lowest BCUT2D eigenvalue weighted by molar-refractivity contribution is -0.145. The molecule has 1 amide bonds. The number of carbonyl (C=O) groups is 2. The summed E-state index contributed by atoms with van der Waals surface area (Å²) >= 11 is 1.33. The van der Waals surface area contributed by atoms with E-state index in [2.05, 4.69) is 4.98 Å². The van der Waals surface area contributed by atoms with Gasteiger partial charge >= 0.3 is 5.97 Å². The zero-order valence-electron chi connectivity index (χ0n) is 18.3. The predicted octanol–water partition coefficient (Wildman–Crippen LogP) is 3.22. The molecule has 0 fully saturated rings. The van der Waals surface area contributed by atoms with Crippen LogP contribution in [0, 0.1) is 0 Å². The Hall–Kier alpha value is -2.30. The van der Waals surface area contributed by atoms with E-state index in [1.54, 1.807) is 48.4 Å². The van der Waals surface area contributed by atoms with Crippen LogP contribution in [-0.2, 0) is 37.4 Å². The van der Waals surface area contributed by atoms with Crippen LogP contribution in [-0.4, -0.2) is 49.2 Å². The predicted molar refractivity (Wildman–Crippen MR) is 120 cm³/mol. The van der Waals surface area contributed by atoms with E-state index in [4.69, 9.17) is 4.74 Å². The van der Waals surface area contributed by atoms with E-state index in [0.29, 0.717) is 36.9 Å². The number of carbonyl (C=O) groups excluding carboxylic acids is 2. The number of ether oxygens (including phenoxy) is 1. The maximum absolute atomic E-state index is 12.5. The minimum Gasteiger partial charge on any atom is -0.459 e. The van der Waals surface area contributed by atoms with Crippen LogP contribution in [0.15, 0.2) is 34.5 Å². The SMILES string of the molecule is CCN(C(C)=O)c1nc(COC(=O)CCc2ccc(S(=O)(=O)N(CC)CC)cc2)cs1. The van der Waals surface area contributed by atoms with E-state index in [1.165, 1.54) is 22.6 Å². The van der Waals surface area contributed by atoms with E-state index in [9.17, 15) is 18.0 Å². The molecule has 0 radical (unpaired) electrons. The van der Waals surface area contributed by atoms with Gasteiger partial charge in [0.25, 0.3) is 0 Å². The summed E-state index contributed by atoms with van der Waals surface area (Å²) in [7, 11) is -3.49. The number of aromatic nitrogens is 1. The highest BCUT2D eigenvalue weighted by Gasteiger charge is 2.21. The molecule has 1 aromatic carbocycles. The van der Waals surface area contributed by atoms with Crippen molar-refractivity contribution in [1.29, 1.82) is 0 Å². The first kappa shape index (κ1) is 25.0. The van der Waals surface area contributed by atoms with Gasteiger partial charge in [-0.1, -0.05) is 26.0 Å². The molecule has 0 aliphatic rings. The summed E-state index contributed by atoms with van der Waals surface area (Å²) in [6, 6.07) is 6.58. The molecule has 0 N–H and O–H groups in total. The Morgan fingerprint density at radius 1 is 1.06 bits per heavy atom. The van der Waals surface area contributed by atoms with Crippen LogP contribution in [0.5, 0.6) is 0 Å². The number of thiazole rings is 1. The standard InChI is InChI=1S/C21H29N3O5S2/c1-5-23(6-2)31(27,28)19-11-8-17(9-12-19)10-13-20(26)29-14-18-15-30-21(22-18)24(7-3)16(4)25/h8-9,11-12,15H,5-7,10,13-14H2,1-4H3. The fourth-order valence-corrected chi connectivity index (χ4v) is 5.37. The molecule has 1 aromatic heterocycles. The van der Waals surface area contributed by atoms with Gasteiger partial charge < -0.3 is 4.74 Å². The molecule has 0 aliphatic carbocycles. The Bertz CT molecular complexity index is 983. The van der Waals surface area contributed by atoms with Gasteiger partial charge in [-0.3, -0.25) is 14.5 Å². The van der Waals surface area contributed by atoms with Gasteiger partial charge in [0, 0.05) is 38.4 Å². The lowest BCUT2D eigenvalue weighted by atomic mass is 10.1. The van der Waals surface area contributed by atoms with E-state index in [0.717, 1.165) is 5.56 Å². The summed E-state index contributed by atoms with van der Waals surface area (Å²) in [5, 5.41) is 2.35. The second-order valence-corrected chi connectivity index (χ2v) is 9.55. The van der Waals surface area contributed by atoms with Crippen LogP contribution in [0.1, 0.15) is 45.4 Å². The van der Waals surface area contributed by atoms with E-state index >= 15 is 0 Å². The van der Waals surface area contributed by atoms with Crippen LogP contribution >= 0.6 is 11.3 Å². The van der Waals surface area contributed by atoms with E-state index in [-0.39, 0.29) is 29.8 Å². The normalized spacial score (nSPS) is 11.5. The molecule has 0 unspecified atom stereocenters. The van der Waals surface area contributed by atoms with Gasteiger partial charge in [0.2, 0.25) is 15.9 Å². The summed E-state index contributed by atoms with van der Waals surface area (Å²) in [5.74, 6) is -0.454. The molecule has 10 heteroatoms. The third kappa shape index (κ3) is 6.59. The lowest BCUT2D eigenvalue weighted by Crippen LogP contribution is -2.30. The summed E-state index contributed by atoms with van der Waals surface area (Å²) in [6.45, 7) is 8.36. The van der Waals surface area contributed by atoms with Crippen molar-refractivity contribution < 1.29 is 22.7 Å². The first-order valence-corrected chi connectivity index (χ1v) is 12.5. The molecule has 0 aliphatic heterocycles. The monoisotopic (exact) mass is 467 g/mol. The smallest absolute Gasteiger partial charge is 0.306 e. The highest BCUT2D eigenvalue weighted by atomic mass is 32.2. The van der Waals surface area contributed by atoms with Crippen molar-refractivity contribution in [1.82, 2.24) is 9.29 Å². The van der Waals surface area contributed by atoms with E-state index < -0.39 is 10.0 Å². The molecule has 1 heterocycles. The molecule has 0 saturated heterocycles. The van der Waals surface area contributed by atoms with Gasteiger partial charge in [0.1, 0.15) is 6.61 Å². The molecule has 2 rings (SSSR count). The zero-order valence-corrected chi connectivity index (χ0v) is 20.0. The van der Waals surface area contributed by atoms with Gasteiger partial charge in [-0.25, -0.2) is 13.4 Å².